The maximum Gasteiger partial charge on any atom is 0.132 e. The van der Waals surface area contributed by atoms with E-state index in [9.17, 15) is 4.39 Å². The Morgan fingerprint density at radius 2 is 2.00 bits per heavy atom. The van der Waals surface area contributed by atoms with E-state index in [1.807, 2.05) is 0 Å². The van der Waals surface area contributed by atoms with Gasteiger partial charge in [-0.3, -0.25) is 0 Å². The first-order valence-corrected chi connectivity index (χ1v) is 4.02. The van der Waals surface area contributed by atoms with Crippen molar-refractivity contribution in [3.05, 3.63) is 35.1 Å². The summed E-state index contributed by atoms with van der Waals surface area (Å²) >= 11 is 11.1. The zero-order valence-corrected chi connectivity index (χ0v) is 7.46. The third-order valence-electron chi connectivity index (χ3n) is 1.45. The van der Waals surface area contributed by atoms with E-state index in [0.29, 0.717) is 11.1 Å². The van der Waals surface area contributed by atoms with Crippen molar-refractivity contribution in [3.8, 4) is 0 Å². The fraction of sp³-hybridized carbons (Fsp3) is 0.250. The second kappa shape index (κ2) is 3.42. The molecule has 0 aliphatic heterocycles. The molecule has 1 aromatic rings. The summed E-state index contributed by atoms with van der Waals surface area (Å²) in [5.74, 6) is -0.270. The normalized spacial score (nSPS) is 10.6. The summed E-state index contributed by atoms with van der Waals surface area (Å²) < 4.78 is 12.8. The monoisotopic (exact) mass is 192 g/mol. The highest BCUT2D eigenvalue weighted by molar-refractivity contribution is 6.44. The van der Waals surface area contributed by atoms with Crippen LogP contribution >= 0.6 is 23.2 Å². The van der Waals surface area contributed by atoms with Gasteiger partial charge in [-0.05, 0) is 24.1 Å². The van der Waals surface area contributed by atoms with Crippen molar-refractivity contribution in [3.63, 3.8) is 0 Å². The predicted molar refractivity (Wildman–Crippen MR) is 45.6 cm³/mol. The topological polar surface area (TPSA) is 0 Å². The molecule has 0 saturated heterocycles. The molecule has 0 heterocycles. The van der Waals surface area contributed by atoms with E-state index in [-0.39, 0.29) is 5.82 Å². The molecule has 0 atom stereocenters. The Morgan fingerprint density at radius 1 is 1.36 bits per heavy atom. The van der Waals surface area contributed by atoms with Crippen LogP contribution in [-0.4, -0.2) is 0 Å². The molecule has 0 bridgehead atoms. The maximum atomic E-state index is 12.8. The summed E-state index contributed by atoms with van der Waals surface area (Å²) in [6.07, 6.45) is 0. The molecular formula is C8H7Cl2F. The Balaban J connectivity index is 3.05. The second-order valence-corrected chi connectivity index (χ2v) is 3.41. The van der Waals surface area contributed by atoms with Crippen molar-refractivity contribution in [1.29, 1.82) is 0 Å². The summed E-state index contributed by atoms with van der Waals surface area (Å²) in [7, 11) is 0. The van der Waals surface area contributed by atoms with Crippen LogP contribution < -0.4 is 0 Å². The van der Waals surface area contributed by atoms with Gasteiger partial charge in [0.15, 0.2) is 0 Å². The van der Waals surface area contributed by atoms with Crippen molar-refractivity contribution in [2.45, 2.75) is 11.8 Å². The van der Waals surface area contributed by atoms with Crippen LogP contribution in [0, 0.1) is 12.7 Å². The third kappa shape index (κ3) is 2.08. The molecule has 1 aromatic carbocycles. The third-order valence-corrected chi connectivity index (χ3v) is 1.95. The van der Waals surface area contributed by atoms with Crippen LogP contribution in [0.25, 0.3) is 0 Å². The molecule has 0 spiro atoms. The highest BCUT2D eigenvalue weighted by Gasteiger charge is 2.05. The summed E-state index contributed by atoms with van der Waals surface area (Å²) in [5, 5.41) is 0. The van der Waals surface area contributed by atoms with Gasteiger partial charge in [0.1, 0.15) is 10.7 Å². The van der Waals surface area contributed by atoms with Crippen molar-refractivity contribution in [2.24, 2.45) is 0 Å². The smallest absolute Gasteiger partial charge is 0.132 e. The van der Waals surface area contributed by atoms with Crippen LogP contribution in [0.2, 0.25) is 0 Å². The molecule has 0 aliphatic carbocycles. The van der Waals surface area contributed by atoms with Gasteiger partial charge in [0.05, 0.1) is 0 Å². The van der Waals surface area contributed by atoms with Crippen LogP contribution in [0.5, 0.6) is 0 Å². The van der Waals surface area contributed by atoms with Gasteiger partial charge in [-0.25, -0.2) is 4.39 Å². The Morgan fingerprint density at radius 3 is 2.45 bits per heavy atom. The van der Waals surface area contributed by atoms with Gasteiger partial charge in [-0.15, -0.1) is 23.2 Å². The quantitative estimate of drug-likeness (QED) is 0.597. The van der Waals surface area contributed by atoms with E-state index in [1.54, 1.807) is 19.1 Å². The van der Waals surface area contributed by atoms with Gasteiger partial charge in [-0.1, -0.05) is 12.1 Å². The zero-order chi connectivity index (χ0) is 8.43. The molecule has 0 aromatic heterocycles. The van der Waals surface area contributed by atoms with Crippen molar-refractivity contribution < 1.29 is 4.39 Å². The lowest BCUT2D eigenvalue weighted by Crippen LogP contribution is -1.86. The van der Waals surface area contributed by atoms with Gasteiger partial charge >= 0.3 is 0 Å². The minimum atomic E-state index is -0.648. The number of halogens is 3. The van der Waals surface area contributed by atoms with E-state index in [1.165, 1.54) is 6.07 Å². The number of rotatable bonds is 1. The molecule has 0 unspecified atom stereocenters. The van der Waals surface area contributed by atoms with Gasteiger partial charge in [0, 0.05) is 0 Å². The summed E-state index contributed by atoms with van der Waals surface area (Å²) in [6, 6.07) is 4.71. The van der Waals surface area contributed by atoms with E-state index >= 15 is 0 Å². The minimum Gasteiger partial charge on any atom is -0.207 e. The summed E-state index contributed by atoms with van der Waals surface area (Å²) in [4.78, 5) is -0.648. The van der Waals surface area contributed by atoms with Crippen molar-refractivity contribution >= 4 is 23.2 Å². The molecule has 3 heteroatoms. The largest absolute Gasteiger partial charge is 0.207 e. The Kier molecular flexibility index (Phi) is 2.74. The molecule has 0 fully saturated rings. The molecule has 0 aliphatic rings. The van der Waals surface area contributed by atoms with Gasteiger partial charge < -0.3 is 0 Å². The van der Waals surface area contributed by atoms with E-state index < -0.39 is 4.84 Å². The molecule has 0 radical (unpaired) electrons. The van der Waals surface area contributed by atoms with Gasteiger partial charge in [0.2, 0.25) is 0 Å². The Hall–Kier alpha value is -0.270. The van der Waals surface area contributed by atoms with Crippen LogP contribution in [0.1, 0.15) is 16.0 Å². The number of benzene rings is 1. The number of aryl methyl sites for hydroxylation is 1. The number of hydrogen-bond acceptors (Lipinski definition) is 0. The number of hydrogen-bond donors (Lipinski definition) is 0. The van der Waals surface area contributed by atoms with Crippen LogP contribution in [0.15, 0.2) is 18.2 Å². The first-order chi connectivity index (χ1) is 5.11. The second-order valence-electron chi connectivity index (χ2n) is 2.31. The lowest BCUT2D eigenvalue weighted by atomic mass is 10.2. The van der Waals surface area contributed by atoms with Gasteiger partial charge in [0.25, 0.3) is 0 Å². The van der Waals surface area contributed by atoms with Crippen molar-refractivity contribution in [2.75, 3.05) is 0 Å². The highest BCUT2D eigenvalue weighted by atomic mass is 35.5. The molecular weight excluding hydrogens is 186 g/mol. The molecule has 0 amide bonds. The number of alkyl halides is 2. The molecule has 11 heavy (non-hydrogen) atoms. The lowest BCUT2D eigenvalue weighted by molar-refractivity contribution is 0.617. The minimum absolute atomic E-state index is 0.270. The lowest BCUT2D eigenvalue weighted by Gasteiger charge is -2.02. The molecule has 0 saturated carbocycles. The molecule has 0 N–H and O–H groups in total. The molecule has 0 nitrogen and oxygen atoms in total. The van der Waals surface area contributed by atoms with E-state index in [2.05, 4.69) is 0 Å². The first kappa shape index (κ1) is 8.82. The van der Waals surface area contributed by atoms with Crippen LogP contribution in [0.4, 0.5) is 4.39 Å². The zero-order valence-electron chi connectivity index (χ0n) is 5.94. The van der Waals surface area contributed by atoms with Crippen molar-refractivity contribution in [1.82, 2.24) is 0 Å². The summed E-state index contributed by atoms with van der Waals surface area (Å²) in [6.45, 7) is 1.69. The standard InChI is InChI=1S/C8H7Cl2F/c1-5-2-3-6(8(9)10)4-7(5)11/h2-4,8H,1H3. The van der Waals surface area contributed by atoms with Gasteiger partial charge in [-0.2, -0.15) is 0 Å². The Bertz CT molecular complexity index is 258. The average Bonchev–Trinajstić information content (AvgIpc) is 1.94. The predicted octanol–water partition coefficient (Wildman–Crippen LogP) is 3.61. The average molecular weight is 193 g/mol. The summed E-state index contributed by atoms with van der Waals surface area (Å²) in [5.41, 5.74) is 1.19. The first-order valence-electron chi connectivity index (χ1n) is 3.15. The molecule has 1 rings (SSSR count). The fourth-order valence-corrected chi connectivity index (χ4v) is 1.02. The fourth-order valence-electron chi connectivity index (χ4n) is 0.745. The van der Waals surface area contributed by atoms with Crippen LogP contribution in [-0.2, 0) is 0 Å². The SMILES string of the molecule is Cc1ccc(C(Cl)Cl)cc1F. The maximum absolute atomic E-state index is 12.8. The van der Waals surface area contributed by atoms with E-state index in [0.717, 1.165) is 0 Å². The Labute approximate surface area is 74.9 Å². The van der Waals surface area contributed by atoms with E-state index in [4.69, 9.17) is 23.2 Å². The molecule has 60 valence electrons. The van der Waals surface area contributed by atoms with Crippen LogP contribution in [0.3, 0.4) is 0 Å². The highest BCUT2D eigenvalue weighted by Crippen LogP contribution is 2.25.